The zero-order valence-electron chi connectivity index (χ0n) is 12.4. The molecule has 6 heteroatoms. The number of amides is 2. The van der Waals surface area contributed by atoms with Crippen LogP contribution in [0.3, 0.4) is 0 Å². The maximum Gasteiger partial charge on any atom is 0.321 e. The molecule has 0 heterocycles. The van der Waals surface area contributed by atoms with E-state index in [-0.39, 0.29) is 24.8 Å². The summed E-state index contributed by atoms with van der Waals surface area (Å²) in [5.41, 5.74) is 0.328. The van der Waals surface area contributed by atoms with Gasteiger partial charge in [0.1, 0.15) is 18.2 Å². The van der Waals surface area contributed by atoms with Crippen LogP contribution in [-0.2, 0) is 0 Å². The Morgan fingerprint density at radius 1 is 1.64 bits per heavy atom. The van der Waals surface area contributed by atoms with E-state index in [0.29, 0.717) is 5.69 Å². The van der Waals surface area contributed by atoms with E-state index in [4.69, 9.17) is 11.2 Å². The van der Waals surface area contributed by atoms with Gasteiger partial charge in [-0.15, -0.1) is 6.42 Å². The monoisotopic (exact) mass is 306 g/mol. The van der Waals surface area contributed by atoms with E-state index in [1.165, 1.54) is 17.0 Å². The number of benzene rings is 1. The SMILES string of the molecule is C#CCOc1cc(F)ccc1NC(=O)N(C)CC(O)C1CC1. The van der Waals surface area contributed by atoms with Gasteiger partial charge in [0.25, 0.3) is 0 Å². The number of ether oxygens (including phenoxy) is 1. The zero-order valence-corrected chi connectivity index (χ0v) is 12.4. The second-order valence-corrected chi connectivity index (χ2v) is 5.35. The normalized spacial score (nSPS) is 14.8. The lowest BCUT2D eigenvalue weighted by Crippen LogP contribution is -2.38. The summed E-state index contributed by atoms with van der Waals surface area (Å²) in [7, 11) is 1.59. The number of hydrogen-bond donors (Lipinski definition) is 2. The van der Waals surface area contributed by atoms with E-state index >= 15 is 0 Å². The van der Waals surface area contributed by atoms with Gasteiger partial charge in [0, 0.05) is 19.7 Å². The van der Waals surface area contributed by atoms with Gasteiger partial charge in [0.2, 0.25) is 0 Å². The number of anilines is 1. The van der Waals surface area contributed by atoms with Crippen molar-refractivity contribution in [2.24, 2.45) is 5.92 Å². The van der Waals surface area contributed by atoms with Gasteiger partial charge in [-0.3, -0.25) is 0 Å². The summed E-state index contributed by atoms with van der Waals surface area (Å²) in [6.45, 7) is 0.223. The Morgan fingerprint density at radius 3 is 3.00 bits per heavy atom. The van der Waals surface area contributed by atoms with Crippen molar-refractivity contribution in [1.82, 2.24) is 4.90 Å². The van der Waals surface area contributed by atoms with Gasteiger partial charge in [-0.05, 0) is 30.9 Å². The molecule has 0 aromatic heterocycles. The predicted molar refractivity (Wildman–Crippen MR) is 81.1 cm³/mol. The summed E-state index contributed by atoms with van der Waals surface area (Å²) in [6, 6.07) is 3.38. The molecule has 1 unspecified atom stereocenters. The average Bonchev–Trinajstić information content (AvgIpc) is 3.31. The lowest BCUT2D eigenvalue weighted by atomic mass is 10.2. The molecule has 0 bridgehead atoms. The van der Waals surface area contributed by atoms with E-state index in [0.717, 1.165) is 18.9 Å². The smallest absolute Gasteiger partial charge is 0.321 e. The van der Waals surface area contributed by atoms with Crippen LogP contribution in [0.15, 0.2) is 18.2 Å². The summed E-state index contributed by atoms with van der Waals surface area (Å²) in [6.07, 6.45) is 6.60. The molecule has 1 saturated carbocycles. The number of halogens is 1. The highest BCUT2D eigenvalue weighted by atomic mass is 19.1. The molecule has 1 fully saturated rings. The minimum absolute atomic E-state index is 0.0252. The van der Waals surface area contributed by atoms with Gasteiger partial charge in [-0.2, -0.15) is 0 Å². The Morgan fingerprint density at radius 2 is 2.36 bits per heavy atom. The molecule has 2 amide bonds. The number of terminal acetylenes is 1. The zero-order chi connectivity index (χ0) is 16.1. The topological polar surface area (TPSA) is 61.8 Å². The fraction of sp³-hybridized carbons (Fsp3) is 0.438. The molecule has 1 atom stereocenters. The maximum absolute atomic E-state index is 13.3. The Kier molecular flexibility index (Phi) is 5.23. The number of urea groups is 1. The number of likely N-dealkylation sites (N-methyl/N-ethyl adjacent to an activating group) is 1. The molecule has 1 aromatic carbocycles. The summed E-state index contributed by atoms with van der Waals surface area (Å²) in [5, 5.41) is 12.5. The summed E-state index contributed by atoms with van der Waals surface area (Å²) in [5.74, 6) is 2.26. The first-order chi connectivity index (χ1) is 10.5. The number of carbonyl (C=O) groups excluding carboxylic acids is 1. The molecular weight excluding hydrogens is 287 g/mol. The highest BCUT2D eigenvalue weighted by Gasteiger charge is 2.31. The maximum atomic E-state index is 13.3. The van der Waals surface area contributed by atoms with E-state index in [1.54, 1.807) is 7.05 Å². The third kappa shape index (κ3) is 4.37. The molecule has 0 spiro atoms. The van der Waals surface area contributed by atoms with Crippen LogP contribution in [0.4, 0.5) is 14.9 Å². The molecule has 1 aliphatic carbocycles. The number of hydrogen-bond acceptors (Lipinski definition) is 3. The van der Waals surface area contributed by atoms with Gasteiger partial charge in [-0.1, -0.05) is 5.92 Å². The van der Waals surface area contributed by atoms with Crippen LogP contribution in [0, 0.1) is 24.1 Å². The van der Waals surface area contributed by atoms with Crippen molar-refractivity contribution >= 4 is 11.7 Å². The highest BCUT2D eigenvalue weighted by Crippen LogP contribution is 2.33. The van der Waals surface area contributed by atoms with Gasteiger partial charge < -0.3 is 20.1 Å². The van der Waals surface area contributed by atoms with Gasteiger partial charge >= 0.3 is 6.03 Å². The first kappa shape index (κ1) is 16.1. The summed E-state index contributed by atoms with van der Waals surface area (Å²) < 4.78 is 18.5. The van der Waals surface area contributed by atoms with Crippen LogP contribution < -0.4 is 10.1 Å². The predicted octanol–water partition coefficient (Wildman–Crippen LogP) is 2.07. The molecule has 1 aromatic rings. The van der Waals surface area contributed by atoms with Crippen LogP contribution in [0.2, 0.25) is 0 Å². The Labute approximate surface area is 129 Å². The summed E-state index contributed by atoms with van der Waals surface area (Å²) >= 11 is 0. The van der Waals surface area contributed by atoms with Crippen molar-refractivity contribution in [2.75, 3.05) is 25.5 Å². The number of aliphatic hydroxyl groups is 1. The molecule has 2 N–H and O–H groups in total. The molecule has 2 rings (SSSR count). The van der Waals surface area contributed by atoms with Crippen LogP contribution >= 0.6 is 0 Å². The molecule has 118 valence electrons. The third-order valence-electron chi connectivity index (χ3n) is 3.47. The van der Waals surface area contributed by atoms with Crippen molar-refractivity contribution in [2.45, 2.75) is 18.9 Å². The Hall–Kier alpha value is -2.26. The minimum Gasteiger partial charge on any atom is -0.479 e. The molecule has 1 aliphatic rings. The van der Waals surface area contributed by atoms with Crippen LogP contribution in [0.1, 0.15) is 12.8 Å². The number of nitrogens with zero attached hydrogens (tertiary/aromatic N) is 1. The fourth-order valence-electron chi connectivity index (χ4n) is 2.04. The van der Waals surface area contributed by atoms with Crippen LogP contribution in [0.5, 0.6) is 5.75 Å². The first-order valence-corrected chi connectivity index (χ1v) is 7.07. The molecular formula is C16H19FN2O3. The van der Waals surface area contributed by atoms with Crippen molar-refractivity contribution in [3.8, 4) is 18.1 Å². The van der Waals surface area contributed by atoms with Crippen molar-refractivity contribution < 1.29 is 19.0 Å². The second kappa shape index (κ2) is 7.14. The first-order valence-electron chi connectivity index (χ1n) is 7.07. The van der Waals surface area contributed by atoms with Gasteiger partial charge in [-0.25, -0.2) is 9.18 Å². The lowest BCUT2D eigenvalue weighted by Gasteiger charge is -2.22. The van der Waals surface area contributed by atoms with Crippen LogP contribution in [-0.4, -0.2) is 42.3 Å². The van der Waals surface area contributed by atoms with Crippen molar-refractivity contribution in [1.29, 1.82) is 0 Å². The standard InChI is InChI=1S/C16H19FN2O3/c1-3-8-22-15-9-12(17)6-7-13(15)18-16(21)19(2)10-14(20)11-4-5-11/h1,6-7,9,11,14,20H,4-5,8,10H2,2H3,(H,18,21). The fourth-order valence-corrected chi connectivity index (χ4v) is 2.04. The molecule has 0 saturated heterocycles. The number of carbonyl (C=O) groups is 1. The van der Waals surface area contributed by atoms with Gasteiger partial charge in [0.15, 0.2) is 0 Å². The lowest BCUT2D eigenvalue weighted by molar-refractivity contribution is 0.117. The largest absolute Gasteiger partial charge is 0.479 e. The molecule has 22 heavy (non-hydrogen) atoms. The molecule has 5 nitrogen and oxygen atoms in total. The van der Waals surface area contributed by atoms with Crippen LogP contribution in [0.25, 0.3) is 0 Å². The number of rotatable bonds is 6. The van der Waals surface area contributed by atoms with E-state index in [1.807, 2.05) is 0 Å². The van der Waals surface area contributed by atoms with Crippen molar-refractivity contribution in [3.63, 3.8) is 0 Å². The average molecular weight is 306 g/mol. The summed E-state index contributed by atoms with van der Waals surface area (Å²) in [4.78, 5) is 13.5. The van der Waals surface area contributed by atoms with Gasteiger partial charge in [0.05, 0.1) is 11.8 Å². The van der Waals surface area contributed by atoms with E-state index in [2.05, 4.69) is 11.2 Å². The second-order valence-electron chi connectivity index (χ2n) is 5.35. The number of nitrogens with one attached hydrogen (secondary N) is 1. The third-order valence-corrected chi connectivity index (χ3v) is 3.47. The van der Waals surface area contributed by atoms with E-state index in [9.17, 15) is 14.3 Å². The Balaban J connectivity index is 1.99. The highest BCUT2D eigenvalue weighted by molar-refractivity contribution is 5.90. The van der Waals surface area contributed by atoms with Crippen molar-refractivity contribution in [3.05, 3.63) is 24.0 Å². The quantitative estimate of drug-likeness (QED) is 0.791. The minimum atomic E-state index is -0.513. The molecule has 0 radical (unpaired) electrons. The molecule has 0 aliphatic heterocycles. The number of aliphatic hydroxyl groups excluding tert-OH is 1. The van der Waals surface area contributed by atoms with E-state index < -0.39 is 18.0 Å². The Bertz CT molecular complexity index is 581.